The van der Waals surface area contributed by atoms with Gasteiger partial charge in [-0.05, 0) is 81.9 Å². The molecule has 4 rings (SSSR count). The van der Waals surface area contributed by atoms with E-state index in [2.05, 4.69) is 17.0 Å². The Morgan fingerprint density at radius 1 is 0.967 bits per heavy atom. The summed E-state index contributed by atoms with van der Waals surface area (Å²) in [5, 5.41) is 0. The van der Waals surface area contributed by atoms with Gasteiger partial charge in [0.25, 0.3) is 5.91 Å². The molecule has 2 aromatic rings. The SMILES string of the molecule is CCOc1ccc(CC2CCN(C3CC(=O)N(c4ccc(C)cc4)C3=O)CC2)cc1. The predicted molar refractivity (Wildman–Crippen MR) is 118 cm³/mol. The van der Waals surface area contributed by atoms with Crippen LogP contribution in [0.1, 0.15) is 37.3 Å². The van der Waals surface area contributed by atoms with Crippen molar-refractivity contribution >= 4 is 17.5 Å². The molecule has 1 atom stereocenters. The van der Waals surface area contributed by atoms with Gasteiger partial charge in [-0.1, -0.05) is 29.8 Å². The lowest BCUT2D eigenvalue weighted by Crippen LogP contribution is -2.46. The molecular formula is C25H30N2O3. The lowest BCUT2D eigenvalue weighted by Gasteiger charge is -2.34. The van der Waals surface area contributed by atoms with E-state index in [1.54, 1.807) is 0 Å². The van der Waals surface area contributed by atoms with E-state index in [1.807, 2.05) is 50.2 Å². The Morgan fingerprint density at radius 2 is 1.63 bits per heavy atom. The number of aryl methyl sites for hydroxylation is 1. The van der Waals surface area contributed by atoms with E-state index in [1.165, 1.54) is 10.5 Å². The van der Waals surface area contributed by atoms with Crippen LogP contribution in [0.4, 0.5) is 5.69 Å². The Labute approximate surface area is 178 Å². The molecular weight excluding hydrogens is 376 g/mol. The highest BCUT2D eigenvalue weighted by Gasteiger charge is 2.43. The van der Waals surface area contributed by atoms with Gasteiger partial charge in [0.05, 0.1) is 24.8 Å². The average molecular weight is 407 g/mol. The van der Waals surface area contributed by atoms with Crippen LogP contribution in [0.15, 0.2) is 48.5 Å². The summed E-state index contributed by atoms with van der Waals surface area (Å²) in [6.07, 6.45) is 3.44. The lowest BCUT2D eigenvalue weighted by molar-refractivity contribution is -0.123. The molecule has 0 N–H and O–H groups in total. The summed E-state index contributed by atoms with van der Waals surface area (Å²) in [7, 11) is 0. The molecule has 5 nitrogen and oxygen atoms in total. The molecule has 2 amide bonds. The second-order valence-corrected chi connectivity index (χ2v) is 8.38. The van der Waals surface area contributed by atoms with E-state index < -0.39 is 0 Å². The molecule has 2 fully saturated rings. The van der Waals surface area contributed by atoms with Crippen molar-refractivity contribution in [3.63, 3.8) is 0 Å². The maximum Gasteiger partial charge on any atom is 0.251 e. The summed E-state index contributed by atoms with van der Waals surface area (Å²) in [4.78, 5) is 29.2. The highest BCUT2D eigenvalue weighted by Crippen LogP contribution is 2.30. The summed E-state index contributed by atoms with van der Waals surface area (Å²) in [5.41, 5.74) is 3.13. The molecule has 2 aromatic carbocycles. The number of carbonyl (C=O) groups excluding carboxylic acids is 2. The number of ether oxygens (including phenoxy) is 1. The number of nitrogens with zero attached hydrogens (tertiary/aromatic N) is 2. The number of amides is 2. The standard InChI is InChI=1S/C25H30N2O3/c1-3-30-22-10-6-19(7-11-22)16-20-12-14-26(15-13-20)23-17-24(28)27(25(23)29)21-8-4-18(2)5-9-21/h4-11,20,23H,3,12-17H2,1-2H3. The number of likely N-dealkylation sites (tertiary alicyclic amines) is 1. The first-order valence-electron chi connectivity index (χ1n) is 10.9. The van der Waals surface area contributed by atoms with Crippen molar-refractivity contribution in [3.05, 3.63) is 59.7 Å². The molecule has 5 heteroatoms. The van der Waals surface area contributed by atoms with E-state index in [4.69, 9.17) is 4.74 Å². The number of carbonyl (C=O) groups is 2. The van der Waals surface area contributed by atoms with Crippen LogP contribution in [0.2, 0.25) is 0 Å². The minimum absolute atomic E-state index is 0.0752. The monoisotopic (exact) mass is 406 g/mol. The number of piperidine rings is 1. The fourth-order valence-corrected chi connectivity index (χ4v) is 4.56. The van der Waals surface area contributed by atoms with Crippen LogP contribution >= 0.6 is 0 Å². The van der Waals surface area contributed by atoms with Crippen molar-refractivity contribution in [2.24, 2.45) is 5.92 Å². The highest BCUT2D eigenvalue weighted by molar-refractivity contribution is 6.22. The molecule has 0 saturated carbocycles. The maximum absolute atomic E-state index is 13.0. The zero-order valence-electron chi connectivity index (χ0n) is 17.8. The Morgan fingerprint density at radius 3 is 2.27 bits per heavy atom. The van der Waals surface area contributed by atoms with Gasteiger partial charge in [0.15, 0.2) is 0 Å². The summed E-state index contributed by atoms with van der Waals surface area (Å²) in [6, 6.07) is 15.7. The van der Waals surface area contributed by atoms with Crippen molar-refractivity contribution in [2.45, 2.75) is 45.6 Å². The van der Waals surface area contributed by atoms with Crippen LogP contribution < -0.4 is 9.64 Å². The molecule has 2 heterocycles. The summed E-state index contributed by atoms with van der Waals surface area (Å²) in [6.45, 7) is 6.41. The fraction of sp³-hybridized carbons (Fsp3) is 0.440. The summed E-state index contributed by atoms with van der Waals surface area (Å²) >= 11 is 0. The number of benzene rings is 2. The predicted octanol–water partition coefficient (Wildman–Crippen LogP) is 3.98. The minimum atomic E-state index is -0.315. The average Bonchev–Trinajstić information content (AvgIpc) is 3.05. The Hall–Kier alpha value is -2.66. The molecule has 2 aliphatic heterocycles. The third-order valence-corrected chi connectivity index (χ3v) is 6.26. The van der Waals surface area contributed by atoms with Gasteiger partial charge < -0.3 is 4.74 Å². The van der Waals surface area contributed by atoms with Crippen molar-refractivity contribution in [1.82, 2.24) is 4.90 Å². The number of anilines is 1. The van der Waals surface area contributed by atoms with Crippen molar-refractivity contribution in [2.75, 3.05) is 24.6 Å². The van der Waals surface area contributed by atoms with Crippen LogP contribution in [0.3, 0.4) is 0 Å². The topological polar surface area (TPSA) is 49.9 Å². The molecule has 30 heavy (non-hydrogen) atoms. The zero-order chi connectivity index (χ0) is 21.1. The van der Waals surface area contributed by atoms with E-state index in [0.717, 1.165) is 43.7 Å². The third-order valence-electron chi connectivity index (χ3n) is 6.26. The van der Waals surface area contributed by atoms with Crippen LogP contribution in [0.5, 0.6) is 5.75 Å². The van der Waals surface area contributed by atoms with Crippen LogP contribution in [0.25, 0.3) is 0 Å². The molecule has 2 saturated heterocycles. The van der Waals surface area contributed by atoms with Gasteiger partial charge in [-0.15, -0.1) is 0 Å². The second kappa shape index (κ2) is 9.00. The smallest absolute Gasteiger partial charge is 0.251 e. The zero-order valence-corrected chi connectivity index (χ0v) is 17.8. The van der Waals surface area contributed by atoms with Gasteiger partial charge in [0.2, 0.25) is 5.91 Å². The van der Waals surface area contributed by atoms with E-state index in [9.17, 15) is 9.59 Å². The Balaban J connectivity index is 1.33. The van der Waals surface area contributed by atoms with Gasteiger partial charge in [-0.2, -0.15) is 0 Å². The van der Waals surface area contributed by atoms with Gasteiger partial charge in [-0.3, -0.25) is 14.5 Å². The second-order valence-electron chi connectivity index (χ2n) is 8.38. The molecule has 0 bridgehead atoms. The normalized spacial score (nSPS) is 20.7. The first kappa shape index (κ1) is 20.6. The quantitative estimate of drug-likeness (QED) is 0.681. The molecule has 1 unspecified atom stereocenters. The van der Waals surface area contributed by atoms with Gasteiger partial charge in [-0.25, -0.2) is 4.90 Å². The molecule has 2 aliphatic rings. The van der Waals surface area contributed by atoms with Crippen LogP contribution in [-0.2, 0) is 16.0 Å². The van der Waals surface area contributed by atoms with E-state index in [-0.39, 0.29) is 24.3 Å². The van der Waals surface area contributed by atoms with Crippen LogP contribution in [-0.4, -0.2) is 42.5 Å². The summed E-state index contributed by atoms with van der Waals surface area (Å²) in [5.74, 6) is 1.36. The molecule has 0 aromatic heterocycles. The summed E-state index contributed by atoms with van der Waals surface area (Å²) < 4.78 is 5.52. The third kappa shape index (κ3) is 4.41. The first-order valence-corrected chi connectivity index (χ1v) is 10.9. The number of rotatable bonds is 6. The number of hydrogen-bond acceptors (Lipinski definition) is 4. The van der Waals surface area contributed by atoms with Gasteiger partial charge in [0, 0.05) is 0 Å². The van der Waals surface area contributed by atoms with Crippen LogP contribution in [0, 0.1) is 12.8 Å². The Bertz CT molecular complexity index is 884. The van der Waals surface area contributed by atoms with Crippen molar-refractivity contribution in [3.8, 4) is 5.75 Å². The van der Waals surface area contributed by atoms with Gasteiger partial charge >= 0.3 is 0 Å². The fourth-order valence-electron chi connectivity index (χ4n) is 4.56. The lowest BCUT2D eigenvalue weighted by atomic mass is 9.89. The van der Waals surface area contributed by atoms with Crippen molar-refractivity contribution < 1.29 is 14.3 Å². The molecule has 0 spiro atoms. The number of imide groups is 1. The van der Waals surface area contributed by atoms with E-state index in [0.29, 0.717) is 18.2 Å². The molecule has 0 aliphatic carbocycles. The van der Waals surface area contributed by atoms with Gasteiger partial charge in [0.1, 0.15) is 5.75 Å². The largest absolute Gasteiger partial charge is 0.494 e. The number of hydrogen-bond donors (Lipinski definition) is 0. The van der Waals surface area contributed by atoms with E-state index >= 15 is 0 Å². The minimum Gasteiger partial charge on any atom is -0.494 e. The Kier molecular flexibility index (Phi) is 6.18. The highest BCUT2D eigenvalue weighted by atomic mass is 16.5. The van der Waals surface area contributed by atoms with Crippen molar-refractivity contribution in [1.29, 1.82) is 0 Å². The maximum atomic E-state index is 13.0. The molecule has 158 valence electrons. The first-order chi connectivity index (χ1) is 14.5. The molecule has 0 radical (unpaired) electrons.